The maximum atomic E-state index is 13.6. The number of benzene rings is 2. The number of rotatable bonds is 0. The molecule has 2 aromatic carbocycles. The molecule has 1 aliphatic heterocycles. The van der Waals surface area contributed by atoms with Gasteiger partial charge in [-0.2, -0.15) is 13.2 Å². The Labute approximate surface area is 139 Å². The Morgan fingerprint density at radius 2 is 1.88 bits per heavy atom. The van der Waals surface area contributed by atoms with E-state index in [1.54, 1.807) is 0 Å². The lowest BCUT2D eigenvalue weighted by molar-refractivity contribution is -0.136. The summed E-state index contributed by atoms with van der Waals surface area (Å²) in [6, 6.07) is 11.8. The minimum Gasteiger partial charge on any atom is -0.329 e. The average Bonchev–Trinajstić information content (AvgIpc) is 2.59. The van der Waals surface area contributed by atoms with Crippen molar-refractivity contribution in [2.75, 3.05) is 4.72 Å². The fraction of sp³-hybridized carbons (Fsp3) is 0.111. The van der Waals surface area contributed by atoms with Crippen LogP contribution in [0.1, 0.15) is 12.5 Å². The van der Waals surface area contributed by atoms with Gasteiger partial charge in [0.2, 0.25) is 0 Å². The van der Waals surface area contributed by atoms with Crippen molar-refractivity contribution in [2.24, 2.45) is 0 Å². The van der Waals surface area contributed by atoms with Gasteiger partial charge in [-0.25, -0.2) is 0 Å². The van der Waals surface area contributed by atoms with Crippen LogP contribution >= 0.6 is 10.7 Å². The third kappa shape index (κ3) is 2.21. The van der Waals surface area contributed by atoms with Gasteiger partial charge in [0.05, 0.1) is 16.8 Å². The molecule has 1 aliphatic rings. The fourth-order valence-electron chi connectivity index (χ4n) is 3.03. The van der Waals surface area contributed by atoms with E-state index in [0.717, 1.165) is 10.5 Å². The molecule has 1 atom stereocenters. The summed E-state index contributed by atoms with van der Waals surface area (Å²) >= 11 is 0. The number of hydrogen-bond donors (Lipinski definition) is 1. The van der Waals surface area contributed by atoms with E-state index < -0.39 is 11.7 Å². The molecule has 1 N–H and O–H groups in total. The molecule has 0 saturated heterocycles. The Morgan fingerprint density at radius 3 is 2.62 bits per heavy atom. The first-order chi connectivity index (χ1) is 11.5. The second-order valence-electron chi connectivity index (χ2n) is 5.42. The summed E-state index contributed by atoms with van der Waals surface area (Å²) in [5.74, 6) is 0. The van der Waals surface area contributed by atoms with Gasteiger partial charge in [-0.15, -0.1) is 0 Å². The van der Waals surface area contributed by atoms with Crippen LogP contribution in [0.5, 0.6) is 0 Å². The van der Waals surface area contributed by atoms with Crippen molar-refractivity contribution in [2.45, 2.75) is 18.0 Å². The molecule has 24 heavy (non-hydrogen) atoms. The van der Waals surface area contributed by atoms with Gasteiger partial charge >= 0.3 is 6.18 Å². The van der Waals surface area contributed by atoms with Gasteiger partial charge in [0.15, 0.2) is 0 Å². The number of nitrogens with one attached hydrogen (secondary N) is 1. The van der Waals surface area contributed by atoms with Crippen LogP contribution in [-0.4, -0.2) is 10.4 Å². The Kier molecular flexibility index (Phi) is 3.38. The van der Waals surface area contributed by atoms with Crippen molar-refractivity contribution < 1.29 is 13.2 Å². The fourth-order valence-corrected chi connectivity index (χ4v) is 4.57. The molecule has 6 heteroatoms. The third-order valence-electron chi connectivity index (χ3n) is 4.06. The van der Waals surface area contributed by atoms with Gasteiger partial charge in [-0.05, 0) is 36.1 Å². The van der Waals surface area contributed by atoms with Crippen molar-refractivity contribution >= 4 is 32.6 Å². The van der Waals surface area contributed by atoms with Crippen LogP contribution in [0.3, 0.4) is 0 Å². The van der Waals surface area contributed by atoms with Gasteiger partial charge in [0.25, 0.3) is 0 Å². The van der Waals surface area contributed by atoms with Crippen molar-refractivity contribution in [3.8, 4) is 11.1 Å². The van der Waals surface area contributed by atoms with Crippen LogP contribution in [0.15, 0.2) is 53.6 Å². The van der Waals surface area contributed by atoms with E-state index in [4.69, 9.17) is 0 Å². The maximum absolute atomic E-state index is 13.6. The Morgan fingerprint density at radius 1 is 1.08 bits per heavy atom. The van der Waals surface area contributed by atoms with E-state index in [9.17, 15) is 13.2 Å². The zero-order valence-corrected chi connectivity index (χ0v) is 13.5. The summed E-state index contributed by atoms with van der Waals surface area (Å²) in [5.41, 5.74) is 1.75. The van der Waals surface area contributed by atoms with Gasteiger partial charge in [-0.1, -0.05) is 34.9 Å². The highest BCUT2D eigenvalue weighted by Crippen LogP contribution is 2.50. The summed E-state index contributed by atoms with van der Waals surface area (Å²) in [4.78, 5) is 5.23. The van der Waals surface area contributed by atoms with E-state index >= 15 is 0 Å². The average molecular weight is 346 g/mol. The molecule has 3 aromatic rings. The largest absolute Gasteiger partial charge is 0.417 e. The number of aromatic nitrogens is 1. The second-order valence-corrected chi connectivity index (χ2v) is 7.21. The number of pyridine rings is 1. The SMILES string of the molecule is C/C=S1/Nc2c(cc(C(F)(F)F)c3cccnc23)-c2ccccc21. The predicted molar refractivity (Wildman–Crippen MR) is 93.4 cm³/mol. The molecule has 1 aromatic heterocycles. The van der Waals surface area contributed by atoms with Crippen LogP contribution < -0.4 is 4.72 Å². The lowest BCUT2D eigenvalue weighted by Gasteiger charge is -2.27. The molecule has 2 nitrogen and oxygen atoms in total. The van der Waals surface area contributed by atoms with E-state index in [1.807, 2.05) is 36.6 Å². The molecular weight excluding hydrogens is 333 g/mol. The molecule has 0 radical (unpaired) electrons. The highest BCUT2D eigenvalue weighted by atomic mass is 32.2. The number of anilines is 1. The molecular formula is C18H13F3N2S. The quantitative estimate of drug-likeness (QED) is 0.527. The van der Waals surface area contributed by atoms with Crippen molar-refractivity contribution in [1.29, 1.82) is 0 Å². The van der Waals surface area contributed by atoms with E-state index in [2.05, 4.69) is 9.71 Å². The van der Waals surface area contributed by atoms with Crippen molar-refractivity contribution in [1.82, 2.24) is 4.98 Å². The van der Waals surface area contributed by atoms with Crippen LogP contribution in [-0.2, 0) is 6.18 Å². The lowest BCUT2D eigenvalue weighted by atomic mass is 9.96. The van der Waals surface area contributed by atoms with Crippen LogP contribution in [0, 0.1) is 0 Å². The molecule has 0 bridgehead atoms. The Bertz CT molecular complexity index is 993. The number of halogens is 3. The molecule has 2 heterocycles. The third-order valence-corrected chi connectivity index (χ3v) is 5.79. The zero-order chi connectivity index (χ0) is 16.9. The van der Waals surface area contributed by atoms with E-state index in [1.165, 1.54) is 24.4 Å². The standard InChI is InChI=1S/C18H13F3N2S/c1-2-24-15-8-4-3-6-11(15)13-10-14(18(19,20)21)12-7-5-9-22-16(12)17(13)23-24/h2-10,23H,1H3. The maximum Gasteiger partial charge on any atom is 0.417 e. The molecule has 0 saturated carbocycles. The van der Waals surface area contributed by atoms with Crippen molar-refractivity contribution in [3.63, 3.8) is 0 Å². The summed E-state index contributed by atoms with van der Waals surface area (Å²) in [6.07, 6.45) is -2.90. The monoisotopic (exact) mass is 346 g/mol. The first kappa shape index (κ1) is 15.2. The lowest BCUT2D eigenvalue weighted by Crippen LogP contribution is -2.10. The second kappa shape index (κ2) is 5.34. The molecule has 4 rings (SSSR count). The summed E-state index contributed by atoms with van der Waals surface area (Å²) in [6.45, 7) is 1.94. The molecule has 0 fully saturated rings. The number of alkyl halides is 3. The Balaban J connectivity index is 2.15. The molecule has 0 spiro atoms. The smallest absolute Gasteiger partial charge is 0.329 e. The number of nitrogens with zero attached hydrogens (tertiary/aromatic N) is 1. The predicted octanol–water partition coefficient (Wildman–Crippen LogP) is 5.71. The van der Waals surface area contributed by atoms with Gasteiger partial charge in [0, 0.05) is 22.0 Å². The number of hydrogen-bond acceptors (Lipinski definition) is 2. The first-order valence-corrected chi connectivity index (χ1v) is 8.67. The van der Waals surface area contributed by atoms with Crippen LogP contribution in [0.25, 0.3) is 22.0 Å². The summed E-state index contributed by atoms with van der Waals surface area (Å²) in [7, 11) is -0.368. The molecule has 1 unspecified atom stereocenters. The van der Waals surface area contributed by atoms with Crippen LogP contribution in [0.4, 0.5) is 18.9 Å². The van der Waals surface area contributed by atoms with E-state index in [0.29, 0.717) is 16.8 Å². The highest BCUT2D eigenvalue weighted by molar-refractivity contribution is 8.16. The molecule has 0 aliphatic carbocycles. The van der Waals surface area contributed by atoms with Crippen LogP contribution in [0.2, 0.25) is 0 Å². The molecule has 122 valence electrons. The number of fused-ring (bicyclic) bond motifs is 5. The summed E-state index contributed by atoms with van der Waals surface area (Å²) < 4.78 is 44.0. The minimum absolute atomic E-state index is 0.121. The molecule has 0 amide bonds. The summed E-state index contributed by atoms with van der Waals surface area (Å²) in [5, 5.41) is 2.14. The highest BCUT2D eigenvalue weighted by Gasteiger charge is 2.35. The first-order valence-electron chi connectivity index (χ1n) is 7.38. The van der Waals surface area contributed by atoms with Gasteiger partial charge in [0.1, 0.15) is 0 Å². The zero-order valence-electron chi connectivity index (χ0n) is 12.7. The topological polar surface area (TPSA) is 24.9 Å². The van der Waals surface area contributed by atoms with Crippen molar-refractivity contribution in [3.05, 3.63) is 54.2 Å². The van der Waals surface area contributed by atoms with Gasteiger partial charge in [-0.3, -0.25) is 4.98 Å². The minimum atomic E-state index is -4.43. The Hall–Kier alpha value is -2.34. The normalized spacial score (nSPS) is 16.6. The van der Waals surface area contributed by atoms with Gasteiger partial charge < -0.3 is 4.72 Å². The van der Waals surface area contributed by atoms with E-state index in [-0.39, 0.29) is 16.1 Å².